The first-order valence-corrected chi connectivity index (χ1v) is 6.56. The summed E-state index contributed by atoms with van der Waals surface area (Å²) in [5, 5.41) is 3.41. The Balaban J connectivity index is 1.97. The average molecular weight is 233 g/mol. The molecule has 2 heteroatoms. The molecule has 17 heavy (non-hydrogen) atoms. The van der Waals surface area contributed by atoms with Crippen molar-refractivity contribution in [3.8, 4) is 0 Å². The van der Waals surface area contributed by atoms with Crippen LogP contribution in [0.5, 0.6) is 0 Å². The maximum atomic E-state index is 6.08. The second kappa shape index (κ2) is 5.65. The highest BCUT2D eigenvalue weighted by atomic mass is 16.5. The SMILES string of the molecule is Cc1cccc(C)c1COC1CNCCC1C. The number of nitrogens with one attached hydrogen (secondary N) is 1. The summed E-state index contributed by atoms with van der Waals surface area (Å²) in [5.41, 5.74) is 4.02. The molecule has 1 heterocycles. The van der Waals surface area contributed by atoms with Crippen LogP contribution in [-0.2, 0) is 11.3 Å². The Morgan fingerprint density at radius 3 is 2.65 bits per heavy atom. The van der Waals surface area contributed by atoms with Crippen molar-refractivity contribution in [1.82, 2.24) is 5.32 Å². The second-order valence-electron chi connectivity index (χ2n) is 5.19. The highest BCUT2D eigenvalue weighted by molar-refractivity contribution is 5.32. The third-order valence-electron chi connectivity index (χ3n) is 3.84. The molecule has 0 aromatic heterocycles. The van der Waals surface area contributed by atoms with Gasteiger partial charge in [-0.25, -0.2) is 0 Å². The first kappa shape index (κ1) is 12.6. The quantitative estimate of drug-likeness (QED) is 0.867. The van der Waals surface area contributed by atoms with Crippen LogP contribution in [0, 0.1) is 19.8 Å². The first-order valence-electron chi connectivity index (χ1n) is 6.56. The van der Waals surface area contributed by atoms with E-state index in [1.807, 2.05) is 0 Å². The normalized spacial score (nSPS) is 24.9. The average Bonchev–Trinajstić information content (AvgIpc) is 2.30. The van der Waals surface area contributed by atoms with Crippen molar-refractivity contribution in [3.63, 3.8) is 0 Å². The Labute approximate surface area is 104 Å². The Kier molecular flexibility index (Phi) is 4.19. The molecule has 1 aliphatic heterocycles. The zero-order valence-corrected chi connectivity index (χ0v) is 11.1. The third-order valence-corrected chi connectivity index (χ3v) is 3.84. The van der Waals surface area contributed by atoms with Crippen LogP contribution in [0.1, 0.15) is 30.0 Å². The fourth-order valence-electron chi connectivity index (χ4n) is 2.45. The van der Waals surface area contributed by atoms with E-state index in [4.69, 9.17) is 4.74 Å². The molecule has 2 rings (SSSR count). The molecule has 1 aromatic carbocycles. The van der Waals surface area contributed by atoms with Crippen LogP contribution in [0.4, 0.5) is 0 Å². The highest BCUT2D eigenvalue weighted by Gasteiger charge is 2.21. The number of benzene rings is 1. The lowest BCUT2D eigenvalue weighted by Crippen LogP contribution is -2.41. The van der Waals surface area contributed by atoms with Crippen LogP contribution in [-0.4, -0.2) is 19.2 Å². The lowest BCUT2D eigenvalue weighted by molar-refractivity contribution is -0.00696. The molecule has 0 radical (unpaired) electrons. The van der Waals surface area contributed by atoms with Crippen LogP contribution in [0.15, 0.2) is 18.2 Å². The van der Waals surface area contributed by atoms with E-state index in [2.05, 4.69) is 44.3 Å². The van der Waals surface area contributed by atoms with Gasteiger partial charge in [0, 0.05) is 6.54 Å². The molecule has 0 spiro atoms. The fourth-order valence-corrected chi connectivity index (χ4v) is 2.45. The minimum Gasteiger partial charge on any atom is -0.372 e. The molecule has 1 N–H and O–H groups in total. The summed E-state index contributed by atoms with van der Waals surface area (Å²) in [4.78, 5) is 0. The molecular formula is C15H23NO. The van der Waals surface area contributed by atoms with Crippen LogP contribution in [0.3, 0.4) is 0 Å². The van der Waals surface area contributed by atoms with E-state index in [1.54, 1.807) is 0 Å². The summed E-state index contributed by atoms with van der Waals surface area (Å²) in [5.74, 6) is 0.667. The Bertz CT molecular complexity index is 355. The van der Waals surface area contributed by atoms with E-state index < -0.39 is 0 Å². The lowest BCUT2D eigenvalue weighted by Gasteiger charge is -2.30. The Morgan fingerprint density at radius 1 is 1.29 bits per heavy atom. The van der Waals surface area contributed by atoms with Crippen LogP contribution < -0.4 is 5.32 Å². The van der Waals surface area contributed by atoms with Crippen molar-refractivity contribution in [2.75, 3.05) is 13.1 Å². The van der Waals surface area contributed by atoms with E-state index in [0.29, 0.717) is 12.0 Å². The highest BCUT2D eigenvalue weighted by Crippen LogP contribution is 2.19. The fraction of sp³-hybridized carbons (Fsp3) is 0.600. The maximum Gasteiger partial charge on any atom is 0.0729 e. The van der Waals surface area contributed by atoms with Crippen molar-refractivity contribution in [1.29, 1.82) is 0 Å². The van der Waals surface area contributed by atoms with Gasteiger partial charge in [0.05, 0.1) is 12.7 Å². The molecular weight excluding hydrogens is 210 g/mol. The van der Waals surface area contributed by atoms with Gasteiger partial charge in [-0.3, -0.25) is 0 Å². The van der Waals surface area contributed by atoms with Crippen molar-refractivity contribution in [3.05, 3.63) is 34.9 Å². The topological polar surface area (TPSA) is 21.3 Å². The van der Waals surface area contributed by atoms with Gasteiger partial charge in [0.2, 0.25) is 0 Å². The number of piperidine rings is 1. The predicted molar refractivity (Wildman–Crippen MR) is 71.1 cm³/mol. The Morgan fingerprint density at radius 2 is 2.00 bits per heavy atom. The molecule has 2 atom stereocenters. The number of rotatable bonds is 3. The molecule has 94 valence electrons. The summed E-state index contributed by atoms with van der Waals surface area (Å²) < 4.78 is 6.08. The molecule has 0 aliphatic carbocycles. The van der Waals surface area contributed by atoms with Gasteiger partial charge < -0.3 is 10.1 Å². The third kappa shape index (κ3) is 3.08. The number of hydrogen-bond acceptors (Lipinski definition) is 2. The van der Waals surface area contributed by atoms with E-state index in [0.717, 1.165) is 19.7 Å². The van der Waals surface area contributed by atoms with Gasteiger partial charge in [0.25, 0.3) is 0 Å². The summed E-state index contributed by atoms with van der Waals surface area (Å²) in [6, 6.07) is 6.43. The molecule has 1 aromatic rings. The van der Waals surface area contributed by atoms with Gasteiger partial charge in [0.1, 0.15) is 0 Å². The summed E-state index contributed by atoms with van der Waals surface area (Å²) in [6.07, 6.45) is 1.58. The van der Waals surface area contributed by atoms with Crippen LogP contribution in [0.25, 0.3) is 0 Å². The van der Waals surface area contributed by atoms with Crippen LogP contribution >= 0.6 is 0 Å². The smallest absolute Gasteiger partial charge is 0.0729 e. The minimum absolute atomic E-state index is 0.364. The van der Waals surface area contributed by atoms with Gasteiger partial charge in [0.15, 0.2) is 0 Å². The minimum atomic E-state index is 0.364. The summed E-state index contributed by atoms with van der Waals surface area (Å²) >= 11 is 0. The molecule has 0 bridgehead atoms. The van der Waals surface area contributed by atoms with E-state index in [9.17, 15) is 0 Å². The molecule has 1 saturated heterocycles. The second-order valence-corrected chi connectivity index (χ2v) is 5.19. The number of hydrogen-bond donors (Lipinski definition) is 1. The number of ether oxygens (including phenoxy) is 1. The maximum absolute atomic E-state index is 6.08. The predicted octanol–water partition coefficient (Wildman–Crippen LogP) is 2.82. The van der Waals surface area contributed by atoms with Gasteiger partial charge >= 0.3 is 0 Å². The molecule has 0 amide bonds. The zero-order valence-electron chi connectivity index (χ0n) is 11.1. The largest absolute Gasteiger partial charge is 0.372 e. The summed E-state index contributed by atoms with van der Waals surface area (Å²) in [7, 11) is 0. The van der Waals surface area contributed by atoms with Crippen molar-refractivity contribution < 1.29 is 4.74 Å². The zero-order chi connectivity index (χ0) is 12.3. The molecule has 1 fully saturated rings. The van der Waals surface area contributed by atoms with E-state index >= 15 is 0 Å². The molecule has 1 aliphatic rings. The molecule has 2 nitrogen and oxygen atoms in total. The standard InChI is InChI=1S/C15H23NO/c1-11-5-4-6-12(2)14(11)10-17-15-9-16-8-7-13(15)3/h4-6,13,15-16H,7-10H2,1-3H3. The first-order chi connectivity index (χ1) is 8.18. The van der Waals surface area contributed by atoms with Crippen LogP contribution in [0.2, 0.25) is 0 Å². The summed E-state index contributed by atoms with van der Waals surface area (Å²) in [6.45, 7) is 9.48. The van der Waals surface area contributed by atoms with Crippen molar-refractivity contribution in [2.24, 2.45) is 5.92 Å². The van der Waals surface area contributed by atoms with E-state index in [-0.39, 0.29) is 0 Å². The van der Waals surface area contributed by atoms with Gasteiger partial charge in [-0.05, 0) is 49.4 Å². The van der Waals surface area contributed by atoms with Crippen molar-refractivity contribution >= 4 is 0 Å². The van der Waals surface area contributed by atoms with Gasteiger partial charge in [-0.2, -0.15) is 0 Å². The molecule has 0 saturated carbocycles. The van der Waals surface area contributed by atoms with Gasteiger partial charge in [-0.1, -0.05) is 25.1 Å². The van der Waals surface area contributed by atoms with E-state index in [1.165, 1.54) is 23.1 Å². The van der Waals surface area contributed by atoms with Crippen molar-refractivity contribution in [2.45, 2.75) is 39.9 Å². The monoisotopic (exact) mass is 233 g/mol. The number of aryl methyl sites for hydroxylation is 2. The lowest BCUT2D eigenvalue weighted by atomic mass is 9.97. The Hall–Kier alpha value is -0.860. The van der Waals surface area contributed by atoms with Gasteiger partial charge in [-0.15, -0.1) is 0 Å². The molecule has 2 unspecified atom stereocenters.